The minimum absolute atomic E-state index is 0.0253. The number of hydrogen-bond donors (Lipinski definition) is 3. The van der Waals surface area contributed by atoms with E-state index in [0.29, 0.717) is 11.6 Å². The molecule has 102 valence electrons. The number of aliphatic hydroxyl groups is 1. The number of rotatable bonds is 2. The van der Waals surface area contributed by atoms with E-state index in [0.717, 1.165) is 31.3 Å². The molecule has 0 aromatic carbocycles. The molecular weight excluding hydrogens is 242 g/mol. The van der Waals surface area contributed by atoms with Gasteiger partial charge in [-0.15, -0.1) is 0 Å². The van der Waals surface area contributed by atoms with E-state index in [1.165, 1.54) is 6.42 Å². The first-order chi connectivity index (χ1) is 9.24. The molecule has 2 unspecified atom stereocenters. The van der Waals surface area contributed by atoms with Gasteiger partial charge in [0.25, 0.3) is 0 Å². The van der Waals surface area contributed by atoms with Gasteiger partial charge in [0, 0.05) is 12.4 Å². The van der Waals surface area contributed by atoms with Crippen molar-refractivity contribution in [1.82, 2.24) is 14.4 Å². The molecule has 6 heteroatoms. The Labute approximate surface area is 111 Å². The third-order valence-corrected chi connectivity index (χ3v) is 3.69. The fourth-order valence-electron chi connectivity index (χ4n) is 2.68. The lowest BCUT2D eigenvalue weighted by Gasteiger charge is -2.22. The van der Waals surface area contributed by atoms with Crippen molar-refractivity contribution in [3.05, 3.63) is 18.6 Å². The molecule has 1 fully saturated rings. The highest BCUT2D eigenvalue weighted by Crippen LogP contribution is 2.23. The van der Waals surface area contributed by atoms with E-state index >= 15 is 0 Å². The van der Waals surface area contributed by atoms with Crippen LogP contribution in [0.25, 0.3) is 5.65 Å². The average Bonchev–Trinajstić information content (AvgIpc) is 2.75. The Kier molecular flexibility index (Phi) is 3.25. The number of nitrogens with one attached hydrogen (secondary N) is 1. The lowest BCUT2D eigenvalue weighted by atomic mass is 10.1. The number of aliphatic hydroxyl groups excluding tert-OH is 1. The fraction of sp³-hybridized carbons (Fsp3) is 0.538. The van der Waals surface area contributed by atoms with Crippen LogP contribution in [0.2, 0.25) is 0 Å². The van der Waals surface area contributed by atoms with E-state index in [1.54, 1.807) is 12.4 Å². The van der Waals surface area contributed by atoms with Gasteiger partial charge >= 0.3 is 0 Å². The minimum atomic E-state index is -0.333. The molecule has 6 nitrogen and oxygen atoms in total. The Bertz CT molecular complexity index is 567. The van der Waals surface area contributed by atoms with Crippen LogP contribution in [0.4, 0.5) is 11.6 Å². The number of nitrogen functional groups attached to an aromatic ring is 1. The Morgan fingerprint density at radius 1 is 1.32 bits per heavy atom. The van der Waals surface area contributed by atoms with Crippen molar-refractivity contribution < 1.29 is 5.11 Å². The van der Waals surface area contributed by atoms with Gasteiger partial charge in [0.05, 0.1) is 18.3 Å². The van der Waals surface area contributed by atoms with Crippen LogP contribution in [0.5, 0.6) is 0 Å². The third kappa shape index (κ3) is 2.49. The third-order valence-electron chi connectivity index (χ3n) is 3.69. The average molecular weight is 261 g/mol. The molecular formula is C13H19N5O. The first kappa shape index (κ1) is 12.2. The Balaban J connectivity index is 1.89. The predicted molar refractivity (Wildman–Crippen MR) is 73.9 cm³/mol. The Morgan fingerprint density at radius 2 is 2.16 bits per heavy atom. The van der Waals surface area contributed by atoms with Crippen LogP contribution in [-0.4, -0.2) is 31.6 Å². The molecule has 19 heavy (non-hydrogen) atoms. The summed E-state index contributed by atoms with van der Waals surface area (Å²) in [5.41, 5.74) is 6.53. The Morgan fingerprint density at radius 3 is 3.05 bits per heavy atom. The molecule has 4 N–H and O–H groups in total. The van der Waals surface area contributed by atoms with E-state index in [1.807, 2.05) is 10.6 Å². The molecule has 0 bridgehead atoms. The molecule has 2 heterocycles. The fourth-order valence-corrected chi connectivity index (χ4v) is 2.68. The van der Waals surface area contributed by atoms with Crippen LogP contribution >= 0.6 is 0 Å². The topological polar surface area (TPSA) is 88.5 Å². The highest BCUT2D eigenvalue weighted by atomic mass is 16.3. The van der Waals surface area contributed by atoms with Crippen molar-refractivity contribution in [2.45, 2.75) is 44.2 Å². The predicted octanol–water partition coefficient (Wildman–Crippen LogP) is 1.42. The summed E-state index contributed by atoms with van der Waals surface area (Å²) in [6.07, 6.45) is 10.1. The molecule has 1 aliphatic rings. The minimum Gasteiger partial charge on any atom is -0.391 e. The van der Waals surface area contributed by atoms with Crippen molar-refractivity contribution in [1.29, 1.82) is 0 Å². The van der Waals surface area contributed by atoms with Gasteiger partial charge < -0.3 is 20.6 Å². The van der Waals surface area contributed by atoms with Crippen LogP contribution < -0.4 is 11.1 Å². The van der Waals surface area contributed by atoms with Gasteiger partial charge in [-0.2, -0.15) is 0 Å². The summed E-state index contributed by atoms with van der Waals surface area (Å²) >= 11 is 0. The van der Waals surface area contributed by atoms with Gasteiger partial charge in [0.2, 0.25) is 0 Å². The number of aromatic nitrogens is 3. The van der Waals surface area contributed by atoms with Crippen molar-refractivity contribution in [2.24, 2.45) is 0 Å². The number of nitrogens with two attached hydrogens (primary N) is 1. The maximum atomic E-state index is 10.2. The maximum absolute atomic E-state index is 10.2. The van der Waals surface area contributed by atoms with Crippen molar-refractivity contribution in [3.8, 4) is 0 Å². The maximum Gasteiger partial charge on any atom is 0.180 e. The Hall–Kier alpha value is -1.82. The number of nitrogens with zero attached hydrogens (tertiary/aromatic N) is 3. The second kappa shape index (κ2) is 5.05. The largest absolute Gasteiger partial charge is 0.391 e. The molecule has 2 aromatic heterocycles. The summed E-state index contributed by atoms with van der Waals surface area (Å²) in [5, 5.41) is 13.5. The molecule has 2 aromatic rings. The number of fused-ring (bicyclic) bond motifs is 1. The van der Waals surface area contributed by atoms with Crippen LogP contribution in [0, 0.1) is 0 Å². The summed E-state index contributed by atoms with van der Waals surface area (Å²) in [6.45, 7) is 0. The second-order valence-corrected chi connectivity index (χ2v) is 5.13. The van der Waals surface area contributed by atoms with Gasteiger partial charge in [0.15, 0.2) is 11.5 Å². The first-order valence-electron chi connectivity index (χ1n) is 6.78. The summed E-state index contributed by atoms with van der Waals surface area (Å²) in [5.74, 6) is 1.09. The van der Waals surface area contributed by atoms with E-state index in [9.17, 15) is 5.11 Å². The highest BCUT2D eigenvalue weighted by Gasteiger charge is 2.22. The summed E-state index contributed by atoms with van der Waals surface area (Å²) in [7, 11) is 0. The van der Waals surface area contributed by atoms with Crippen molar-refractivity contribution >= 4 is 17.3 Å². The highest BCUT2D eigenvalue weighted by molar-refractivity contribution is 5.65. The van der Waals surface area contributed by atoms with Gasteiger partial charge in [0.1, 0.15) is 5.82 Å². The quantitative estimate of drug-likeness (QED) is 0.711. The van der Waals surface area contributed by atoms with Crippen molar-refractivity contribution in [3.63, 3.8) is 0 Å². The second-order valence-electron chi connectivity index (χ2n) is 5.13. The van der Waals surface area contributed by atoms with Gasteiger partial charge in [-0.05, 0) is 12.8 Å². The monoisotopic (exact) mass is 261 g/mol. The standard InChI is InChI=1S/C13H19N5O/c14-11-8-18-7-6-15-13(18)12(17-11)16-9-4-2-1-3-5-10(9)19/h6-10,19H,1-5,14H2,(H,16,17). The van der Waals surface area contributed by atoms with Crippen LogP contribution in [-0.2, 0) is 0 Å². The molecule has 0 saturated heterocycles. The molecule has 0 spiro atoms. The van der Waals surface area contributed by atoms with Gasteiger partial charge in [-0.1, -0.05) is 19.3 Å². The van der Waals surface area contributed by atoms with Crippen LogP contribution in [0.1, 0.15) is 32.1 Å². The number of hydrogen-bond acceptors (Lipinski definition) is 5. The number of anilines is 2. The SMILES string of the molecule is Nc1cn2ccnc2c(NC2CCCCCC2O)n1. The zero-order valence-electron chi connectivity index (χ0n) is 10.8. The van der Waals surface area contributed by atoms with E-state index < -0.39 is 0 Å². The smallest absolute Gasteiger partial charge is 0.180 e. The van der Waals surface area contributed by atoms with E-state index in [4.69, 9.17) is 5.73 Å². The summed E-state index contributed by atoms with van der Waals surface area (Å²) < 4.78 is 1.84. The van der Waals surface area contributed by atoms with Gasteiger partial charge in [-0.3, -0.25) is 0 Å². The van der Waals surface area contributed by atoms with E-state index in [-0.39, 0.29) is 12.1 Å². The number of imidazole rings is 1. The molecule has 0 radical (unpaired) electrons. The zero-order valence-corrected chi connectivity index (χ0v) is 10.8. The lowest BCUT2D eigenvalue weighted by Crippen LogP contribution is -2.33. The molecule has 0 amide bonds. The molecule has 2 atom stereocenters. The van der Waals surface area contributed by atoms with Crippen LogP contribution in [0.15, 0.2) is 18.6 Å². The van der Waals surface area contributed by atoms with Crippen molar-refractivity contribution in [2.75, 3.05) is 11.1 Å². The zero-order chi connectivity index (χ0) is 13.2. The van der Waals surface area contributed by atoms with E-state index in [2.05, 4.69) is 15.3 Å². The first-order valence-corrected chi connectivity index (χ1v) is 6.78. The molecule has 1 aliphatic carbocycles. The molecule has 3 rings (SSSR count). The molecule has 0 aliphatic heterocycles. The summed E-state index contributed by atoms with van der Waals surface area (Å²) in [6, 6.07) is 0.0253. The van der Waals surface area contributed by atoms with Crippen LogP contribution in [0.3, 0.4) is 0 Å². The van der Waals surface area contributed by atoms with Gasteiger partial charge in [-0.25, -0.2) is 9.97 Å². The lowest BCUT2D eigenvalue weighted by molar-refractivity contribution is 0.144. The normalized spacial score (nSPS) is 24.3. The molecule has 1 saturated carbocycles. The summed E-state index contributed by atoms with van der Waals surface area (Å²) in [4.78, 5) is 8.58.